The lowest BCUT2D eigenvalue weighted by atomic mass is 9.49. The first kappa shape index (κ1) is 92.2. The number of halogens is 4. The number of aryl methyl sites for hydroxylation is 4. The Morgan fingerprint density at radius 1 is 0.554 bits per heavy atom. The maximum Gasteiger partial charge on any atom is 0.488 e. The van der Waals surface area contributed by atoms with Crippen LogP contribution in [0.25, 0.3) is 11.4 Å². The highest BCUT2D eigenvalue weighted by Gasteiger charge is 2.64. The van der Waals surface area contributed by atoms with E-state index in [1.165, 1.54) is 12.1 Å². The van der Waals surface area contributed by atoms with Crippen LogP contribution in [0.4, 0.5) is 41.1 Å². The van der Waals surface area contributed by atoms with Crippen molar-refractivity contribution < 1.29 is 65.5 Å². The van der Waals surface area contributed by atoms with E-state index in [0.717, 1.165) is 55.0 Å². The number of para-hydroxylation sites is 2. The van der Waals surface area contributed by atoms with Gasteiger partial charge in [0.2, 0.25) is 11.6 Å². The molecule has 0 saturated carbocycles. The molecule has 4 aliphatic heterocycles. The molecule has 8 heterocycles. The monoisotopic (exact) mass is 1670 g/mol. The highest BCUT2D eigenvalue weighted by Crippen LogP contribution is 2.44. The lowest BCUT2D eigenvalue weighted by molar-refractivity contribution is 0.00578. The summed E-state index contributed by atoms with van der Waals surface area (Å²) in [5.41, 5.74) is 1.72. The number of ether oxygens (including phenoxy) is 4. The number of piperidine rings is 2. The first-order valence-electron chi connectivity index (χ1n) is 38.5. The highest BCUT2D eigenvalue weighted by molar-refractivity contribution is 9.10. The average molecular weight is 1680 g/mol. The largest absolute Gasteiger partial charge is 0.488 e. The van der Waals surface area contributed by atoms with Gasteiger partial charge in [-0.15, -0.1) is 0 Å². The van der Waals surface area contributed by atoms with Gasteiger partial charge in [-0.3, -0.25) is 9.59 Å². The van der Waals surface area contributed by atoms with Gasteiger partial charge in [-0.25, -0.2) is 48.3 Å². The van der Waals surface area contributed by atoms with Gasteiger partial charge in [0.25, 0.3) is 11.8 Å². The third-order valence-corrected chi connectivity index (χ3v) is 23.5. The molecular weight excluding hydrogens is 1560 g/mol. The summed E-state index contributed by atoms with van der Waals surface area (Å²) in [7, 11) is -3.49. The predicted molar refractivity (Wildman–Crippen MR) is 447 cm³/mol. The molecule has 26 nitrogen and oxygen atoms in total. The minimum atomic E-state index is -1.30. The Bertz CT molecular complexity index is 4040. The summed E-state index contributed by atoms with van der Waals surface area (Å²) in [6, 6.07) is 14.9. The smallest absolute Gasteiger partial charge is 0.444 e. The molecule has 10 rings (SSSR count). The summed E-state index contributed by atoms with van der Waals surface area (Å²) in [5.74, 6) is 0.375. The van der Waals surface area contributed by atoms with E-state index in [0.29, 0.717) is 102 Å². The van der Waals surface area contributed by atoms with Gasteiger partial charge in [0.1, 0.15) is 63.4 Å². The molecule has 0 atom stereocenters. The number of rotatable bonds is 22. The first-order chi connectivity index (χ1) is 51.9. The molecule has 2 aromatic carbocycles. The van der Waals surface area contributed by atoms with Crippen LogP contribution in [0.5, 0.6) is 0 Å². The zero-order chi connectivity index (χ0) is 83.3. The van der Waals surface area contributed by atoms with Crippen LogP contribution in [0.2, 0.25) is 56.5 Å². The number of benzene rings is 2. The van der Waals surface area contributed by atoms with Crippen LogP contribution in [0.1, 0.15) is 167 Å². The van der Waals surface area contributed by atoms with Crippen molar-refractivity contribution >= 4 is 104 Å². The molecular formula is C78H120B2BrClF2N14O12Si2. The summed E-state index contributed by atoms with van der Waals surface area (Å²) in [5, 5.41) is 12.0. The minimum absolute atomic E-state index is 0.138. The zero-order valence-electron chi connectivity index (χ0n) is 70.3. The van der Waals surface area contributed by atoms with Gasteiger partial charge >= 0.3 is 26.2 Å². The van der Waals surface area contributed by atoms with Gasteiger partial charge in [-0.05, 0) is 227 Å². The normalized spacial score (nSPS) is 17.0. The molecule has 0 unspecified atom stereocenters. The Hall–Kier alpha value is -6.95. The van der Waals surface area contributed by atoms with E-state index in [4.69, 9.17) is 49.2 Å². The van der Waals surface area contributed by atoms with E-state index in [9.17, 15) is 19.2 Å². The lowest BCUT2D eigenvalue weighted by Gasteiger charge is -2.35. The zero-order valence-corrected chi connectivity index (χ0v) is 74.6. The number of carbonyl (C=O) groups is 4. The van der Waals surface area contributed by atoms with Crippen molar-refractivity contribution in [3.63, 3.8) is 0 Å². The fourth-order valence-electron chi connectivity index (χ4n) is 12.1. The third-order valence-electron chi connectivity index (χ3n) is 19.5. The average Bonchev–Trinajstić information content (AvgIpc) is 1.59. The third kappa shape index (κ3) is 28.2. The Labute approximate surface area is 677 Å². The molecule has 0 aliphatic carbocycles. The molecule has 34 heteroatoms. The fourth-order valence-corrected chi connectivity index (χ4v) is 14.3. The molecule has 0 spiro atoms. The second-order valence-corrected chi connectivity index (χ2v) is 47.8. The van der Waals surface area contributed by atoms with Crippen LogP contribution in [0.15, 0.2) is 65.5 Å². The van der Waals surface area contributed by atoms with E-state index in [1.807, 2.05) is 140 Å². The SMILES string of the molecule is CC(C)(C)OC(=O)NCC1CCN(c2c(F)cccc2NC(=O)c2nc(Br)cn2COCC[Si](C)(C)C)CC1.CC1(C)OB(B2OC(C)(C)C(C)(C)O2)OC1(C)C.Cc1cc(-c2cn(COCC[Si](C)(C)C)c(C(=O)Nc3cccc(F)c3N3CCC(CNC(=O)OC(C)(C)C)CC3)n2)nc(C)n1.Cc1cc(Cl)nc(C)n1. The van der Waals surface area contributed by atoms with Crippen molar-refractivity contribution in [1.29, 1.82) is 0 Å². The molecule has 112 heavy (non-hydrogen) atoms. The van der Waals surface area contributed by atoms with E-state index < -0.39 is 77.0 Å². The van der Waals surface area contributed by atoms with Gasteiger partial charge in [-0.2, -0.15) is 0 Å². The summed E-state index contributed by atoms with van der Waals surface area (Å²) < 4.78 is 80.6. The molecule has 4 aliphatic rings. The number of anilines is 4. The summed E-state index contributed by atoms with van der Waals surface area (Å²) in [6.45, 7) is 53.1. The van der Waals surface area contributed by atoms with Gasteiger partial charge in [0.15, 0.2) is 0 Å². The van der Waals surface area contributed by atoms with Crippen molar-refractivity contribution in [3.05, 3.63) is 117 Å². The van der Waals surface area contributed by atoms with Crippen molar-refractivity contribution in [1.82, 2.24) is 49.7 Å². The molecule has 0 bridgehead atoms. The molecule has 4 fully saturated rings. The number of alkyl carbamates (subject to hydrolysis) is 2. The van der Waals surface area contributed by atoms with Crippen molar-refractivity contribution in [2.45, 2.75) is 249 Å². The second kappa shape index (κ2) is 38.7. The molecule has 4 aromatic heterocycles. The lowest BCUT2D eigenvalue weighted by Crippen LogP contribution is -2.41. The molecule has 4 saturated heterocycles. The fraction of sp³-hybridized carbons (Fsp3) is 0.615. The quantitative estimate of drug-likeness (QED) is 0.0279. The van der Waals surface area contributed by atoms with E-state index in [1.54, 1.807) is 51.9 Å². The molecule has 4 N–H and O–H groups in total. The number of nitrogens with zero attached hydrogens (tertiary/aromatic N) is 10. The van der Waals surface area contributed by atoms with Crippen molar-refractivity contribution in [2.75, 3.05) is 72.9 Å². The van der Waals surface area contributed by atoms with Crippen LogP contribution in [-0.4, -0.2) is 179 Å². The van der Waals surface area contributed by atoms with E-state index >= 15 is 8.78 Å². The van der Waals surface area contributed by atoms with Crippen molar-refractivity contribution in [3.8, 4) is 11.4 Å². The summed E-state index contributed by atoms with van der Waals surface area (Å²) in [4.78, 5) is 80.7. The minimum Gasteiger partial charge on any atom is -0.444 e. The maximum atomic E-state index is 15.4. The molecule has 0 radical (unpaired) electrons. The number of aromatic nitrogens is 8. The Morgan fingerprint density at radius 3 is 1.29 bits per heavy atom. The van der Waals surface area contributed by atoms with Crippen LogP contribution in [-0.2, 0) is 51.0 Å². The number of hydrogen-bond donors (Lipinski definition) is 4. The predicted octanol–water partition coefficient (Wildman–Crippen LogP) is 16.5. The Kier molecular flexibility index (Phi) is 31.8. The number of imidazole rings is 2. The van der Waals surface area contributed by atoms with Gasteiger partial charge in [-0.1, -0.05) is 63.0 Å². The molecule has 4 amide bonds. The van der Waals surface area contributed by atoms with Gasteiger partial charge in [0, 0.05) is 92.4 Å². The van der Waals surface area contributed by atoms with Gasteiger partial charge < -0.3 is 77.8 Å². The maximum absolute atomic E-state index is 15.4. The van der Waals surface area contributed by atoms with Crippen LogP contribution < -0.4 is 31.1 Å². The molecule has 616 valence electrons. The number of amides is 4. The van der Waals surface area contributed by atoms with Gasteiger partial charge in [0.05, 0.1) is 50.8 Å². The standard InChI is InChI=1S/C33H48FN7O4Si.C27H41BrFN5O4Si.C12H24B2O4.C6H7ClN2/c1-22-18-27(37-23(2)36-22)28-20-41(21-44-16-17-46(6,7)8)30(38-28)31(42)39-26-11-9-10-25(34)29(26)40-14-12-24(13-15-40)19-35-32(43)45-33(3,4)5;1-27(2,3)38-26(36)30-16-19-10-12-33(13-11-19)23-20(29)8-7-9-21(23)31-25(35)24-32-22(28)17-34(24)18-37-14-15-39(4,5)6;1-9(2)10(3,4)16-13(15-9)14-17-11(5,6)12(7,8)18-14;1-4-3-6(7)9-5(2)8-4/h9-11,18,20,24H,12-17,19,21H2,1-8H3,(H,35,43)(H,39,42);7-9,17,19H,10-16,18H2,1-6H3,(H,30,36)(H,31,35);1-8H3;3H,1-2H3. The number of hydrogen-bond acceptors (Lipinski definition) is 20. The van der Waals surface area contributed by atoms with Crippen molar-refractivity contribution in [2.24, 2.45) is 11.8 Å². The topological polar surface area (TPSA) is 284 Å². The summed E-state index contributed by atoms with van der Waals surface area (Å²) >= 11 is 8.94. The first-order valence-corrected chi connectivity index (χ1v) is 47.0. The van der Waals surface area contributed by atoms with Crippen LogP contribution >= 0.6 is 27.5 Å². The second-order valence-electron chi connectivity index (χ2n) is 35.3. The van der Waals surface area contributed by atoms with Crippen LogP contribution in [0.3, 0.4) is 0 Å². The summed E-state index contributed by atoms with van der Waals surface area (Å²) in [6.07, 6.45) is 5.61. The Balaban J connectivity index is 0.000000235. The van der Waals surface area contributed by atoms with Crippen LogP contribution in [0, 0.1) is 51.2 Å². The Morgan fingerprint density at radius 2 is 0.929 bits per heavy atom. The number of nitrogens with one attached hydrogen (secondary N) is 4. The van der Waals surface area contributed by atoms with E-state index in [2.05, 4.69) is 106 Å². The van der Waals surface area contributed by atoms with E-state index in [-0.39, 0.29) is 59.4 Å². The number of carbonyl (C=O) groups excluding carboxylic acids is 4. The molecule has 6 aromatic rings. The highest BCUT2D eigenvalue weighted by atomic mass is 79.9.